The topological polar surface area (TPSA) is 78.9 Å². The van der Waals surface area contributed by atoms with E-state index in [0.717, 1.165) is 7.11 Å². The molecule has 0 N–H and O–H groups in total. The highest BCUT2D eigenvalue weighted by Crippen LogP contribution is 2.09. The van der Waals surface area contributed by atoms with E-state index in [1.807, 2.05) is 0 Å². The van der Waals surface area contributed by atoms with Crippen LogP contribution in [-0.2, 0) is 19.0 Å². The summed E-state index contributed by atoms with van der Waals surface area (Å²) in [5, 5.41) is 0. The molecule has 0 radical (unpaired) electrons. The maximum Gasteiger partial charge on any atom is 0.514 e. The molecule has 7 heteroatoms. The lowest BCUT2D eigenvalue weighted by Crippen LogP contribution is -2.18. The van der Waals surface area contributed by atoms with E-state index in [2.05, 4.69) is 13.7 Å². The van der Waals surface area contributed by atoms with E-state index < -0.39 is 22.2 Å². The first-order valence-corrected chi connectivity index (χ1v) is 5.79. The zero-order chi connectivity index (χ0) is 12.0. The molecule has 0 bridgehead atoms. The molecular weight excluding hydrogens is 236 g/mol. The fourth-order valence-corrected chi connectivity index (χ4v) is 1.12. The second-order valence-electron chi connectivity index (χ2n) is 2.65. The van der Waals surface area contributed by atoms with Crippen LogP contribution in [0.4, 0.5) is 4.79 Å². The predicted octanol–water partition coefficient (Wildman–Crippen LogP) is 1.14. The Morgan fingerprint density at radius 2 is 1.88 bits per heavy atom. The Morgan fingerprint density at radius 3 is 2.44 bits per heavy atom. The highest BCUT2D eigenvalue weighted by Gasteiger charge is 2.14. The van der Waals surface area contributed by atoms with E-state index >= 15 is 0 Å². The number of hydrogen-bond donors (Lipinski definition) is 0. The van der Waals surface area contributed by atoms with Crippen LogP contribution in [0.5, 0.6) is 5.75 Å². The molecule has 0 atom stereocenters. The minimum absolute atomic E-state index is 0.266. The van der Waals surface area contributed by atoms with Gasteiger partial charge in [0.05, 0.1) is 7.11 Å². The summed E-state index contributed by atoms with van der Waals surface area (Å²) in [6, 6.07) is 8.13. The summed E-state index contributed by atoms with van der Waals surface area (Å²) in [5.41, 5.74) is 0. The molecule has 0 aromatic heterocycles. The van der Waals surface area contributed by atoms with Crippen LogP contribution < -0.4 is 4.74 Å². The maximum atomic E-state index is 11.0. The molecule has 0 aliphatic heterocycles. The van der Waals surface area contributed by atoms with E-state index in [4.69, 9.17) is 0 Å². The molecule has 0 aliphatic carbocycles. The molecule has 0 aliphatic rings. The molecule has 0 fully saturated rings. The number of para-hydroxylation sites is 1. The highest BCUT2D eigenvalue weighted by atomic mass is 32.2. The van der Waals surface area contributed by atoms with Crippen LogP contribution in [0.3, 0.4) is 0 Å². The van der Waals surface area contributed by atoms with Crippen molar-refractivity contribution in [2.45, 2.75) is 0 Å². The van der Waals surface area contributed by atoms with Crippen molar-refractivity contribution in [3.8, 4) is 5.75 Å². The Hall–Kier alpha value is -1.60. The van der Waals surface area contributed by atoms with Crippen LogP contribution in [0.15, 0.2) is 30.3 Å². The quantitative estimate of drug-likeness (QED) is 0.450. The van der Waals surface area contributed by atoms with Gasteiger partial charge in [-0.15, -0.1) is 0 Å². The maximum absolute atomic E-state index is 11.0. The summed E-state index contributed by atoms with van der Waals surface area (Å²) < 4.78 is 34.7. The number of benzene rings is 1. The third-order valence-electron chi connectivity index (χ3n) is 1.52. The van der Waals surface area contributed by atoms with Crippen molar-refractivity contribution in [3.63, 3.8) is 0 Å². The number of carbonyl (C=O) groups is 1. The van der Waals surface area contributed by atoms with Crippen LogP contribution in [0.25, 0.3) is 0 Å². The van der Waals surface area contributed by atoms with Gasteiger partial charge in [-0.3, -0.25) is 4.18 Å². The van der Waals surface area contributed by atoms with Gasteiger partial charge >= 0.3 is 16.3 Å². The van der Waals surface area contributed by atoms with Crippen LogP contribution >= 0.6 is 0 Å². The standard InChI is InChI=1S/C9H10O6S/c1-13-16(11,12)7-14-9(10)15-8-5-3-2-4-6-8/h2-6H,7H2,1H3. The molecule has 0 amide bonds. The van der Waals surface area contributed by atoms with Gasteiger partial charge in [-0.1, -0.05) is 18.2 Å². The molecule has 16 heavy (non-hydrogen) atoms. The Kier molecular flexibility index (Phi) is 4.27. The van der Waals surface area contributed by atoms with Gasteiger partial charge in [-0.05, 0) is 12.1 Å². The summed E-state index contributed by atoms with van der Waals surface area (Å²) in [6.45, 7) is 0. The molecule has 6 nitrogen and oxygen atoms in total. The van der Waals surface area contributed by atoms with Gasteiger partial charge in [0.1, 0.15) is 5.75 Å². The Bertz CT molecular complexity index is 438. The van der Waals surface area contributed by atoms with Crippen molar-refractivity contribution in [2.24, 2.45) is 0 Å². The van der Waals surface area contributed by atoms with E-state index in [1.165, 1.54) is 12.1 Å². The molecule has 0 heterocycles. The molecule has 0 spiro atoms. The zero-order valence-electron chi connectivity index (χ0n) is 8.45. The van der Waals surface area contributed by atoms with E-state index in [-0.39, 0.29) is 5.75 Å². The minimum atomic E-state index is -3.83. The van der Waals surface area contributed by atoms with Gasteiger partial charge in [-0.25, -0.2) is 4.79 Å². The molecule has 1 aromatic rings. The molecule has 0 unspecified atom stereocenters. The normalized spacial score (nSPS) is 10.8. The van der Waals surface area contributed by atoms with Gasteiger partial charge in [-0.2, -0.15) is 8.42 Å². The lowest BCUT2D eigenvalue weighted by molar-refractivity contribution is 0.112. The molecular formula is C9H10O6S. The van der Waals surface area contributed by atoms with Crippen LogP contribution in [-0.4, -0.2) is 27.6 Å². The van der Waals surface area contributed by atoms with Crippen molar-refractivity contribution >= 4 is 16.3 Å². The second kappa shape index (κ2) is 5.47. The van der Waals surface area contributed by atoms with Crippen LogP contribution in [0.2, 0.25) is 0 Å². The molecule has 88 valence electrons. The number of carbonyl (C=O) groups excluding carboxylic acids is 1. The highest BCUT2D eigenvalue weighted by molar-refractivity contribution is 7.86. The van der Waals surface area contributed by atoms with Crippen molar-refractivity contribution in [2.75, 3.05) is 13.0 Å². The summed E-state index contributed by atoms with van der Waals surface area (Å²) in [6.07, 6.45) is -1.10. The van der Waals surface area contributed by atoms with Crippen molar-refractivity contribution in [1.29, 1.82) is 0 Å². The number of rotatable bonds is 4. The molecule has 1 rings (SSSR count). The smallest absolute Gasteiger partial charge is 0.415 e. The third kappa shape index (κ3) is 4.28. The second-order valence-corrected chi connectivity index (χ2v) is 4.34. The average molecular weight is 246 g/mol. The van der Waals surface area contributed by atoms with E-state index in [1.54, 1.807) is 18.2 Å². The minimum Gasteiger partial charge on any atom is -0.415 e. The lowest BCUT2D eigenvalue weighted by atomic mass is 10.3. The largest absolute Gasteiger partial charge is 0.514 e. The lowest BCUT2D eigenvalue weighted by Gasteiger charge is -2.04. The van der Waals surface area contributed by atoms with Crippen LogP contribution in [0.1, 0.15) is 0 Å². The Morgan fingerprint density at radius 1 is 1.25 bits per heavy atom. The van der Waals surface area contributed by atoms with Gasteiger partial charge in [0.2, 0.25) is 5.94 Å². The summed E-state index contributed by atoms with van der Waals surface area (Å²) in [5.74, 6) is -0.614. The first-order valence-electron chi connectivity index (χ1n) is 4.21. The van der Waals surface area contributed by atoms with Crippen molar-refractivity contribution in [3.05, 3.63) is 30.3 Å². The average Bonchev–Trinajstić information content (AvgIpc) is 2.28. The van der Waals surface area contributed by atoms with Gasteiger partial charge in [0, 0.05) is 0 Å². The summed E-state index contributed by atoms with van der Waals surface area (Å²) in [4.78, 5) is 11.0. The van der Waals surface area contributed by atoms with Crippen molar-refractivity contribution < 1.29 is 26.9 Å². The van der Waals surface area contributed by atoms with Crippen LogP contribution in [0, 0.1) is 0 Å². The number of hydrogen-bond acceptors (Lipinski definition) is 6. The fourth-order valence-electron chi connectivity index (χ4n) is 0.783. The molecule has 0 saturated heterocycles. The van der Waals surface area contributed by atoms with Gasteiger partial charge in [0.15, 0.2) is 0 Å². The van der Waals surface area contributed by atoms with E-state index in [9.17, 15) is 13.2 Å². The SMILES string of the molecule is COS(=O)(=O)COC(=O)Oc1ccccc1. The van der Waals surface area contributed by atoms with Gasteiger partial charge < -0.3 is 9.47 Å². The first-order chi connectivity index (χ1) is 7.53. The predicted molar refractivity (Wildman–Crippen MR) is 54.3 cm³/mol. The summed E-state index contributed by atoms with van der Waals surface area (Å²) in [7, 11) is -2.86. The molecule has 0 saturated carbocycles. The monoisotopic (exact) mass is 246 g/mol. The Balaban J connectivity index is 2.44. The molecule has 1 aromatic carbocycles. The fraction of sp³-hybridized carbons (Fsp3) is 0.222. The number of ether oxygens (including phenoxy) is 2. The third-order valence-corrected chi connectivity index (χ3v) is 2.43. The summed E-state index contributed by atoms with van der Waals surface area (Å²) >= 11 is 0. The van der Waals surface area contributed by atoms with Gasteiger partial charge in [0.25, 0.3) is 0 Å². The zero-order valence-corrected chi connectivity index (χ0v) is 9.27. The van der Waals surface area contributed by atoms with E-state index in [0.29, 0.717) is 0 Å². The Labute approximate surface area is 92.9 Å². The first kappa shape index (κ1) is 12.5. The van der Waals surface area contributed by atoms with Crippen molar-refractivity contribution in [1.82, 2.24) is 0 Å².